The normalized spacial score (nSPS) is 10.8. The Kier molecular flexibility index (Phi) is 6.39. The number of esters is 1. The van der Waals surface area contributed by atoms with E-state index in [2.05, 4.69) is 10.3 Å². The molecule has 0 unspecified atom stereocenters. The highest BCUT2D eigenvalue weighted by Crippen LogP contribution is 2.23. The number of benzene rings is 2. The molecule has 0 fully saturated rings. The smallest absolute Gasteiger partial charge is 0.338 e. The predicted octanol–water partition coefficient (Wildman–Crippen LogP) is 4.62. The Bertz CT molecular complexity index is 996. The Labute approximate surface area is 167 Å². The van der Waals surface area contributed by atoms with Gasteiger partial charge in [-0.1, -0.05) is 12.1 Å². The van der Waals surface area contributed by atoms with Crippen molar-refractivity contribution < 1.29 is 23.1 Å². The van der Waals surface area contributed by atoms with Crippen molar-refractivity contribution in [3.63, 3.8) is 0 Å². The van der Waals surface area contributed by atoms with Gasteiger partial charge in [0.2, 0.25) is 5.91 Å². The average molecular weight is 396 g/mol. The standard InChI is InChI=1S/C22H21FN2O4/c1-14(2)28-22(27)15-7-9-16(10-8-15)25-20(26)11-12-21-24-13-19(29-21)17-5-3-4-6-18(17)23/h3-10,13-14H,11-12H2,1-2H3,(H,25,26). The Hall–Kier alpha value is -3.48. The van der Waals surface area contributed by atoms with Crippen LogP contribution in [0.4, 0.5) is 10.1 Å². The van der Waals surface area contributed by atoms with Crippen LogP contribution in [0.2, 0.25) is 0 Å². The van der Waals surface area contributed by atoms with E-state index in [1.54, 1.807) is 56.3 Å². The molecule has 2 aromatic carbocycles. The lowest BCUT2D eigenvalue weighted by Crippen LogP contribution is -2.13. The van der Waals surface area contributed by atoms with Crippen molar-refractivity contribution in [2.75, 3.05) is 5.32 Å². The molecule has 1 amide bonds. The fraction of sp³-hybridized carbons (Fsp3) is 0.227. The molecule has 0 aliphatic rings. The first-order chi connectivity index (χ1) is 13.9. The van der Waals surface area contributed by atoms with Crippen molar-refractivity contribution in [3.05, 3.63) is 72.0 Å². The lowest BCUT2D eigenvalue weighted by Gasteiger charge is -2.09. The SMILES string of the molecule is CC(C)OC(=O)c1ccc(NC(=O)CCc2ncc(-c3ccccc3F)o2)cc1. The highest BCUT2D eigenvalue weighted by atomic mass is 19.1. The van der Waals surface area contributed by atoms with Crippen molar-refractivity contribution in [1.82, 2.24) is 4.98 Å². The van der Waals surface area contributed by atoms with Gasteiger partial charge in [-0.25, -0.2) is 14.2 Å². The number of aromatic nitrogens is 1. The van der Waals surface area contributed by atoms with Gasteiger partial charge in [0.1, 0.15) is 5.82 Å². The maximum atomic E-state index is 13.8. The second-order valence-electron chi connectivity index (χ2n) is 6.68. The van der Waals surface area contributed by atoms with Crippen molar-refractivity contribution in [1.29, 1.82) is 0 Å². The van der Waals surface area contributed by atoms with Gasteiger partial charge in [0.05, 0.1) is 23.4 Å². The fourth-order valence-electron chi connectivity index (χ4n) is 2.63. The molecule has 3 aromatic rings. The predicted molar refractivity (Wildman–Crippen MR) is 106 cm³/mol. The number of nitrogens with zero attached hydrogens (tertiary/aromatic N) is 1. The van der Waals surface area contributed by atoms with Crippen LogP contribution in [-0.2, 0) is 16.0 Å². The Morgan fingerprint density at radius 1 is 1.14 bits per heavy atom. The molecule has 1 N–H and O–H groups in total. The number of nitrogens with one attached hydrogen (secondary N) is 1. The lowest BCUT2D eigenvalue weighted by atomic mass is 10.2. The number of carbonyl (C=O) groups is 2. The number of rotatable bonds is 7. The zero-order valence-corrected chi connectivity index (χ0v) is 16.1. The van der Waals surface area contributed by atoms with Crippen LogP contribution in [0.3, 0.4) is 0 Å². The Morgan fingerprint density at radius 2 is 1.86 bits per heavy atom. The van der Waals surface area contributed by atoms with Crippen molar-refractivity contribution >= 4 is 17.6 Å². The molecule has 0 saturated carbocycles. The molecule has 0 radical (unpaired) electrons. The van der Waals surface area contributed by atoms with Crippen LogP contribution in [0.15, 0.2) is 59.1 Å². The van der Waals surface area contributed by atoms with Gasteiger partial charge < -0.3 is 14.5 Å². The number of hydrogen-bond acceptors (Lipinski definition) is 5. The van der Waals surface area contributed by atoms with Gasteiger partial charge in [-0.05, 0) is 50.2 Å². The van der Waals surface area contributed by atoms with Crippen LogP contribution < -0.4 is 5.32 Å². The fourth-order valence-corrected chi connectivity index (χ4v) is 2.63. The number of ether oxygens (including phenoxy) is 1. The van der Waals surface area contributed by atoms with Crippen LogP contribution in [-0.4, -0.2) is 23.0 Å². The Balaban J connectivity index is 1.53. The van der Waals surface area contributed by atoms with E-state index in [4.69, 9.17) is 9.15 Å². The number of anilines is 1. The highest BCUT2D eigenvalue weighted by Gasteiger charge is 2.13. The summed E-state index contributed by atoms with van der Waals surface area (Å²) in [6.07, 6.45) is 1.67. The van der Waals surface area contributed by atoms with Gasteiger partial charge in [-0.3, -0.25) is 4.79 Å². The van der Waals surface area contributed by atoms with E-state index in [0.29, 0.717) is 28.5 Å². The Morgan fingerprint density at radius 3 is 2.55 bits per heavy atom. The van der Waals surface area contributed by atoms with Gasteiger partial charge in [-0.2, -0.15) is 0 Å². The summed E-state index contributed by atoms with van der Waals surface area (Å²) in [5.74, 6) is -0.359. The molecule has 150 valence electrons. The summed E-state index contributed by atoms with van der Waals surface area (Å²) in [6, 6.07) is 12.7. The number of hydrogen-bond donors (Lipinski definition) is 1. The van der Waals surface area contributed by atoms with Gasteiger partial charge in [0.15, 0.2) is 11.7 Å². The molecular weight excluding hydrogens is 375 g/mol. The third kappa shape index (κ3) is 5.51. The zero-order valence-electron chi connectivity index (χ0n) is 16.1. The third-order valence-electron chi connectivity index (χ3n) is 4.01. The number of aryl methyl sites for hydroxylation is 1. The molecule has 0 atom stereocenters. The molecule has 29 heavy (non-hydrogen) atoms. The minimum absolute atomic E-state index is 0.147. The van der Waals surface area contributed by atoms with Crippen molar-refractivity contribution in [3.8, 4) is 11.3 Å². The van der Waals surface area contributed by atoms with Gasteiger partial charge in [-0.15, -0.1) is 0 Å². The van der Waals surface area contributed by atoms with Crippen LogP contribution in [0.5, 0.6) is 0 Å². The van der Waals surface area contributed by atoms with Crippen LogP contribution >= 0.6 is 0 Å². The first-order valence-corrected chi connectivity index (χ1v) is 9.23. The summed E-state index contributed by atoms with van der Waals surface area (Å²) in [7, 11) is 0. The topological polar surface area (TPSA) is 81.4 Å². The second-order valence-corrected chi connectivity index (χ2v) is 6.68. The van der Waals surface area contributed by atoms with E-state index in [-0.39, 0.29) is 24.9 Å². The van der Waals surface area contributed by atoms with E-state index in [0.717, 1.165) is 0 Å². The van der Waals surface area contributed by atoms with Crippen molar-refractivity contribution in [2.45, 2.75) is 32.8 Å². The molecule has 7 heteroatoms. The number of oxazole rings is 1. The molecule has 0 saturated heterocycles. The molecule has 0 spiro atoms. The average Bonchev–Trinajstić information content (AvgIpc) is 3.15. The van der Waals surface area contributed by atoms with Crippen LogP contribution in [0, 0.1) is 5.82 Å². The van der Waals surface area contributed by atoms with Crippen LogP contribution in [0.25, 0.3) is 11.3 Å². The first kappa shape index (κ1) is 20.3. The van der Waals surface area contributed by atoms with Gasteiger partial charge >= 0.3 is 5.97 Å². The van der Waals surface area contributed by atoms with E-state index >= 15 is 0 Å². The van der Waals surface area contributed by atoms with E-state index < -0.39 is 11.8 Å². The minimum Gasteiger partial charge on any atom is -0.459 e. The molecule has 0 bridgehead atoms. The van der Waals surface area contributed by atoms with Gasteiger partial charge in [0, 0.05) is 18.5 Å². The largest absolute Gasteiger partial charge is 0.459 e. The molecule has 1 heterocycles. The van der Waals surface area contributed by atoms with Crippen LogP contribution in [0.1, 0.15) is 36.5 Å². The quantitative estimate of drug-likeness (QED) is 0.590. The van der Waals surface area contributed by atoms with E-state index in [9.17, 15) is 14.0 Å². The summed E-state index contributed by atoms with van der Waals surface area (Å²) in [6.45, 7) is 3.55. The molecule has 0 aliphatic heterocycles. The highest BCUT2D eigenvalue weighted by molar-refractivity contribution is 5.93. The third-order valence-corrected chi connectivity index (χ3v) is 4.01. The van der Waals surface area contributed by atoms with Crippen molar-refractivity contribution in [2.24, 2.45) is 0 Å². The number of amides is 1. The molecular formula is C22H21FN2O4. The first-order valence-electron chi connectivity index (χ1n) is 9.23. The maximum absolute atomic E-state index is 13.8. The summed E-state index contributed by atoms with van der Waals surface area (Å²) < 4.78 is 24.5. The molecule has 0 aliphatic carbocycles. The summed E-state index contributed by atoms with van der Waals surface area (Å²) in [4.78, 5) is 28.1. The second kappa shape index (κ2) is 9.14. The number of halogens is 1. The summed E-state index contributed by atoms with van der Waals surface area (Å²) in [5.41, 5.74) is 1.31. The zero-order chi connectivity index (χ0) is 20.8. The number of carbonyl (C=O) groups excluding carboxylic acids is 2. The van der Waals surface area contributed by atoms with E-state index in [1.165, 1.54) is 12.3 Å². The molecule has 6 nitrogen and oxygen atoms in total. The monoisotopic (exact) mass is 396 g/mol. The minimum atomic E-state index is -0.410. The molecule has 3 rings (SSSR count). The molecule has 1 aromatic heterocycles. The summed E-state index contributed by atoms with van der Waals surface area (Å²) >= 11 is 0. The van der Waals surface area contributed by atoms with E-state index in [1.807, 2.05) is 0 Å². The maximum Gasteiger partial charge on any atom is 0.338 e. The lowest BCUT2D eigenvalue weighted by molar-refractivity contribution is -0.116. The van der Waals surface area contributed by atoms with Gasteiger partial charge in [0.25, 0.3) is 0 Å². The summed E-state index contributed by atoms with van der Waals surface area (Å²) in [5, 5.41) is 2.75.